The van der Waals surface area contributed by atoms with Gasteiger partial charge in [-0.05, 0) is 6.04 Å². The van der Waals surface area contributed by atoms with Crippen LogP contribution in [0.1, 0.15) is 5.56 Å². The lowest BCUT2D eigenvalue weighted by Gasteiger charge is -2.15. The molecule has 1 aromatic rings. The topological polar surface area (TPSA) is 76.7 Å². The van der Waals surface area contributed by atoms with Crippen LogP contribution >= 0.6 is 0 Å². The molecule has 0 aliphatic rings. The Balaban J connectivity index is 2.52. The van der Waals surface area contributed by atoms with Gasteiger partial charge in [-0.25, -0.2) is 4.68 Å². The van der Waals surface area contributed by atoms with Gasteiger partial charge in [-0.3, -0.25) is 0 Å². The summed E-state index contributed by atoms with van der Waals surface area (Å²) >= 11 is 0. The van der Waals surface area contributed by atoms with Gasteiger partial charge in [0.05, 0.1) is 12.2 Å². The highest BCUT2D eigenvalue weighted by Crippen LogP contribution is 2.08. The standard InChI is InChI=1S/C11H23BN2O4Si/c1-17-8-10-7-14(13-11(10)12(15)16)9-18-5-6-19(2,3)4/h7,15-16H,5-6,8-9H2,1-4H3. The first-order chi connectivity index (χ1) is 8.83. The fourth-order valence-corrected chi connectivity index (χ4v) is 2.32. The fourth-order valence-electron chi connectivity index (χ4n) is 1.56. The number of methoxy groups -OCH3 is 1. The van der Waals surface area contributed by atoms with Gasteiger partial charge >= 0.3 is 7.12 Å². The summed E-state index contributed by atoms with van der Waals surface area (Å²) < 4.78 is 12.1. The second-order valence-corrected chi connectivity index (χ2v) is 11.4. The summed E-state index contributed by atoms with van der Waals surface area (Å²) in [6.07, 6.45) is 1.72. The van der Waals surface area contributed by atoms with Crippen LogP contribution in [0.5, 0.6) is 0 Å². The second kappa shape index (κ2) is 7.20. The van der Waals surface area contributed by atoms with Gasteiger partial charge in [0.15, 0.2) is 0 Å². The lowest BCUT2D eigenvalue weighted by molar-refractivity contribution is 0.0785. The molecule has 0 saturated heterocycles. The molecule has 0 saturated carbocycles. The maximum atomic E-state index is 9.21. The molecule has 0 amide bonds. The van der Waals surface area contributed by atoms with E-state index >= 15 is 0 Å². The SMILES string of the molecule is COCc1cn(COCC[Si](C)(C)C)nc1B(O)O. The van der Waals surface area contributed by atoms with Crippen LogP contribution in [0.2, 0.25) is 25.7 Å². The molecule has 2 N–H and O–H groups in total. The molecule has 19 heavy (non-hydrogen) atoms. The van der Waals surface area contributed by atoms with Gasteiger partial charge in [-0.2, -0.15) is 5.10 Å². The molecule has 0 bridgehead atoms. The third-order valence-electron chi connectivity index (χ3n) is 2.63. The Bertz CT molecular complexity index is 393. The first-order valence-electron chi connectivity index (χ1n) is 6.32. The van der Waals surface area contributed by atoms with Crippen LogP contribution < -0.4 is 5.59 Å². The van der Waals surface area contributed by atoms with E-state index < -0.39 is 15.2 Å². The molecule has 0 unspecified atom stereocenters. The second-order valence-electron chi connectivity index (χ2n) is 5.73. The molecule has 1 heterocycles. The average Bonchev–Trinajstić information content (AvgIpc) is 2.67. The van der Waals surface area contributed by atoms with Crippen molar-refractivity contribution in [3.63, 3.8) is 0 Å². The molecular weight excluding hydrogens is 263 g/mol. The minimum Gasteiger partial charge on any atom is -0.422 e. The zero-order valence-corrected chi connectivity index (χ0v) is 13.1. The van der Waals surface area contributed by atoms with E-state index in [1.807, 2.05) is 0 Å². The smallest absolute Gasteiger partial charge is 0.422 e. The van der Waals surface area contributed by atoms with Crippen molar-refractivity contribution in [2.45, 2.75) is 39.0 Å². The summed E-state index contributed by atoms with van der Waals surface area (Å²) in [6, 6.07) is 1.09. The van der Waals surface area contributed by atoms with Crippen molar-refractivity contribution in [2.75, 3.05) is 13.7 Å². The maximum Gasteiger partial charge on any atom is 0.510 e. The number of rotatable bonds is 8. The zero-order valence-electron chi connectivity index (χ0n) is 12.1. The Labute approximate surface area is 115 Å². The predicted molar refractivity (Wildman–Crippen MR) is 76.9 cm³/mol. The minimum absolute atomic E-state index is 0.218. The van der Waals surface area contributed by atoms with Gasteiger partial charge in [-0.15, -0.1) is 0 Å². The van der Waals surface area contributed by atoms with Crippen molar-refractivity contribution in [1.29, 1.82) is 0 Å². The molecular formula is C11H23BN2O4Si. The van der Waals surface area contributed by atoms with E-state index in [2.05, 4.69) is 24.7 Å². The number of ether oxygens (including phenoxy) is 2. The normalized spacial score (nSPS) is 11.9. The number of hydrogen-bond acceptors (Lipinski definition) is 5. The van der Waals surface area contributed by atoms with Crippen LogP contribution in [0.3, 0.4) is 0 Å². The van der Waals surface area contributed by atoms with E-state index in [-0.39, 0.29) is 5.59 Å². The third-order valence-corrected chi connectivity index (χ3v) is 4.34. The number of nitrogens with zero attached hydrogens (tertiary/aromatic N) is 2. The molecule has 1 aromatic heterocycles. The Morgan fingerprint density at radius 1 is 1.37 bits per heavy atom. The van der Waals surface area contributed by atoms with E-state index in [0.29, 0.717) is 25.5 Å². The van der Waals surface area contributed by atoms with E-state index in [9.17, 15) is 10.0 Å². The average molecular weight is 286 g/mol. The van der Waals surface area contributed by atoms with Crippen molar-refractivity contribution in [1.82, 2.24) is 9.78 Å². The minimum atomic E-state index is -1.59. The molecule has 0 aliphatic carbocycles. The van der Waals surface area contributed by atoms with Crippen molar-refractivity contribution in [2.24, 2.45) is 0 Å². The quantitative estimate of drug-likeness (QED) is 0.520. The molecule has 6 nitrogen and oxygen atoms in total. The van der Waals surface area contributed by atoms with Crippen molar-refractivity contribution < 1.29 is 19.5 Å². The van der Waals surface area contributed by atoms with E-state index in [1.165, 1.54) is 0 Å². The third kappa shape index (κ3) is 5.88. The van der Waals surface area contributed by atoms with Crippen LogP contribution in [-0.4, -0.2) is 48.7 Å². The van der Waals surface area contributed by atoms with Gasteiger partial charge in [0.2, 0.25) is 0 Å². The highest BCUT2D eigenvalue weighted by Gasteiger charge is 2.21. The fraction of sp³-hybridized carbons (Fsp3) is 0.727. The summed E-state index contributed by atoms with van der Waals surface area (Å²) in [4.78, 5) is 0. The van der Waals surface area contributed by atoms with Gasteiger partial charge in [-0.1, -0.05) is 19.6 Å². The molecule has 1 rings (SSSR count). The summed E-state index contributed by atoms with van der Waals surface area (Å²) in [6.45, 7) is 8.19. The van der Waals surface area contributed by atoms with Crippen LogP contribution in [0, 0.1) is 0 Å². The van der Waals surface area contributed by atoms with Crippen molar-refractivity contribution >= 4 is 20.8 Å². The monoisotopic (exact) mass is 286 g/mol. The van der Waals surface area contributed by atoms with Gasteiger partial charge in [0, 0.05) is 33.6 Å². The number of hydrogen-bond donors (Lipinski definition) is 2. The summed E-state index contributed by atoms with van der Waals surface area (Å²) in [5.74, 6) is 0. The molecule has 0 atom stereocenters. The summed E-state index contributed by atoms with van der Waals surface area (Å²) in [5, 5.41) is 22.5. The van der Waals surface area contributed by atoms with Crippen LogP contribution in [0.25, 0.3) is 0 Å². The molecule has 108 valence electrons. The predicted octanol–water partition coefficient (Wildman–Crippen LogP) is 0.0216. The van der Waals surface area contributed by atoms with Gasteiger partial charge in [0.25, 0.3) is 0 Å². The highest BCUT2D eigenvalue weighted by atomic mass is 28.3. The van der Waals surface area contributed by atoms with E-state index in [4.69, 9.17) is 9.47 Å². The molecule has 0 aliphatic heterocycles. The largest absolute Gasteiger partial charge is 0.510 e. The summed E-state index contributed by atoms with van der Waals surface area (Å²) in [5.41, 5.74) is 0.877. The van der Waals surface area contributed by atoms with Crippen molar-refractivity contribution in [3.8, 4) is 0 Å². The van der Waals surface area contributed by atoms with Crippen LogP contribution in [-0.2, 0) is 22.8 Å². The Morgan fingerprint density at radius 2 is 2.05 bits per heavy atom. The maximum absolute atomic E-state index is 9.21. The van der Waals surface area contributed by atoms with E-state index in [1.54, 1.807) is 18.0 Å². The molecule has 8 heteroatoms. The highest BCUT2D eigenvalue weighted by molar-refractivity contribution is 6.76. The number of aromatic nitrogens is 2. The zero-order chi connectivity index (χ0) is 14.5. The van der Waals surface area contributed by atoms with Crippen molar-refractivity contribution in [3.05, 3.63) is 11.8 Å². The summed E-state index contributed by atoms with van der Waals surface area (Å²) in [7, 11) is -1.12. The Kier molecular flexibility index (Phi) is 6.21. The first kappa shape index (κ1) is 16.4. The molecule has 0 radical (unpaired) electrons. The first-order valence-corrected chi connectivity index (χ1v) is 10.0. The molecule has 0 fully saturated rings. The van der Waals surface area contributed by atoms with Crippen LogP contribution in [0.4, 0.5) is 0 Å². The lowest BCUT2D eigenvalue weighted by Crippen LogP contribution is -2.34. The van der Waals surface area contributed by atoms with E-state index in [0.717, 1.165) is 6.04 Å². The van der Waals surface area contributed by atoms with Gasteiger partial charge in [0.1, 0.15) is 6.73 Å². The van der Waals surface area contributed by atoms with Gasteiger partial charge < -0.3 is 19.5 Å². The Morgan fingerprint density at radius 3 is 2.58 bits per heavy atom. The van der Waals surface area contributed by atoms with Crippen LogP contribution in [0.15, 0.2) is 6.20 Å². The molecule has 0 aromatic carbocycles. The Hall–Kier alpha value is -0.668. The molecule has 0 spiro atoms. The lowest BCUT2D eigenvalue weighted by atomic mass is 9.83.